The van der Waals surface area contributed by atoms with Crippen LogP contribution in [0, 0.1) is 5.92 Å². The molecule has 32 heavy (non-hydrogen) atoms. The molecule has 1 aromatic carbocycles. The average Bonchev–Trinajstić information content (AvgIpc) is 3.20. The zero-order valence-corrected chi connectivity index (χ0v) is 19.7. The molecule has 0 saturated heterocycles. The van der Waals surface area contributed by atoms with Gasteiger partial charge in [0, 0.05) is 41.8 Å². The summed E-state index contributed by atoms with van der Waals surface area (Å²) in [6.45, 7) is 6.13. The molecule has 0 amide bonds. The van der Waals surface area contributed by atoms with Crippen LogP contribution in [0.25, 0.3) is 0 Å². The van der Waals surface area contributed by atoms with Gasteiger partial charge in [0.05, 0.1) is 5.69 Å². The number of fused-ring (bicyclic) bond motifs is 10. The second-order valence-corrected chi connectivity index (χ2v) is 11.5. The predicted octanol–water partition coefficient (Wildman–Crippen LogP) is 5.09. The van der Waals surface area contributed by atoms with Crippen molar-refractivity contribution in [2.75, 3.05) is 23.7 Å². The maximum absolute atomic E-state index is 6.30. The van der Waals surface area contributed by atoms with E-state index in [1.165, 1.54) is 30.5 Å². The van der Waals surface area contributed by atoms with E-state index in [9.17, 15) is 0 Å². The molecule has 172 valence electrons. The van der Waals surface area contributed by atoms with E-state index < -0.39 is 9.39 Å². The molecule has 2 atom stereocenters. The molecule has 6 bridgehead atoms. The Bertz CT molecular complexity index is 1040. The lowest BCUT2D eigenvalue weighted by molar-refractivity contribution is 0.510. The second-order valence-electron chi connectivity index (χ2n) is 9.22. The summed E-state index contributed by atoms with van der Waals surface area (Å²) >= 11 is 0. The second kappa shape index (κ2) is 9.96. The van der Waals surface area contributed by atoms with Gasteiger partial charge in [0.15, 0.2) is 0 Å². The standard InChI is InChI=1S/C25H36N6S/c1-18-13-19-7-8-20(14-19)21-16-29-25(30-17-21)31-22-9-10-24(32(2,3)26)23(15-22)28-12-6-4-5-11-27-18/h9-10,15-17,19-20,27-28H,1-8,11-14,26H2,(H,29,30,31). The topological polar surface area (TPSA) is 87.9 Å². The minimum atomic E-state index is -1.84. The van der Waals surface area contributed by atoms with E-state index in [1.807, 2.05) is 24.5 Å². The molecule has 0 spiro atoms. The molecule has 3 heterocycles. The molecule has 7 heteroatoms. The van der Waals surface area contributed by atoms with E-state index in [2.05, 4.69) is 50.3 Å². The lowest BCUT2D eigenvalue weighted by atomic mass is 9.97. The highest BCUT2D eigenvalue weighted by molar-refractivity contribution is 8.26. The zero-order chi connectivity index (χ0) is 22.6. The fourth-order valence-corrected chi connectivity index (χ4v) is 5.65. The fraction of sp³-hybridized carbons (Fsp3) is 0.440. The number of allylic oxidation sites excluding steroid dienone is 1. The summed E-state index contributed by atoms with van der Waals surface area (Å²) in [5.74, 6) is 10.0. The fourth-order valence-electron chi connectivity index (χ4n) is 4.74. The Morgan fingerprint density at radius 1 is 1.00 bits per heavy atom. The van der Waals surface area contributed by atoms with Gasteiger partial charge in [-0.05, 0) is 80.5 Å². The Labute approximate surface area is 192 Å². The van der Waals surface area contributed by atoms with Crippen molar-refractivity contribution in [3.8, 4) is 0 Å². The first kappa shape index (κ1) is 22.7. The van der Waals surface area contributed by atoms with E-state index in [4.69, 9.17) is 5.14 Å². The van der Waals surface area contributed by atoms with Crippen LogP contribution in [0.3, 0.4) is 0 Å². The van der Waals surface area contributed by atoms with Crippen LogP contribution < -0.4 is 21.1 Å². The molecular formula is C25H36N6S. The minimum Gasteiger partial charge on any atom is -0.389 e. The Morgan fingerprint density at radius 2 is 1.75 bits per heavy atom. The first-order valence-electron chi connectivity index (χ1n) is 11.5. The molecular weight excluding hydrogens is 416 g/mol. The summed E-state index contributed by atoms with van der Waals surface area (Å²) in [4.78, 5) is 10.1. The lowest BCUT2D eigenvalue weighted by Gasteiger charge is -2.18. The third kappa shape index (κ3) is 5.84. The number of aromatic nitrogens is 2. The van der Waals surface area contributed by atoms with Crippen molar-refractivity contribution >= 4 is 38.5 Å². The van der Waals surface area contributed by atoms with E-state index in [0.717, 1.165) is 55.0 Å². The molecule has 5 N–H and O–H groups in total. The molecule has 1 aliphatic carbocycles. The summed E-state index contributed by atoms with van der Waals surface area (Å²) in [7, 11) is -1.84. The van der Waals surface area contributed by atoms with Gasteiger partial charge in [-0.25, -0.2) is 9.97 Å². The van der Waals surface area contributed by atoms with Crippen LogP contribution in [0.2, 0.25) is 0 Å². The van der Waals surface area contributed by atoms with Crippen molar-refractivity contribution in [2.45, 2.75) is 55.8 Å². The van der Waals surface area contributed by atoms with Crippen molar-refractivity contribution < 1.29 is 0 Å². The quantitative estimate of drug-likeness (QED) is 0.451. The van der Waals surface area contributed by atoms with Gasteiger partial charge in [-0.3, -0.25) is 5.14 Å². The average molecular weight is 453 g/mol. The Hall–Kier alpha value is -2.51. The molecule has 2 aliphatic heterocycles. The monoisotopic (exact) mass is 452 g/mol. The van der Waals surface area contributed by atoms with Crippen LogP contribution >= 0.6 is 9.39 Å². The van der Waals surface area contributed by atoms with Crippen LogP contribution in [-0.2, 0) is 0 Å². The summed E-state index contributed by atoms with van der Waals surface area (Å²) < 4.78 is 0. The Balaban J connectivity index is 1.56. The Kier molecular flexibility index (Phi) is 7.06. The Morgan fingerprint density at radius 3 is 2.50 bits per heavy atom. The van der Waals surface area contributed by atoms with Crippen LogP contribution in [-0.4, -0.2) is 34.8 Å². The largest absolute Gasteiger partial charge is 0.389 e. The van der Waals surface area contributed by atoms with Crippen molar-refractivity contribution in [3.05, 3.63) is 48.4 Å². The molecule has 6 nitrogen and oxygen atoms in total. The van der Waals surface area contributed by atoms with Gasteiger partial charge in [0.2, 0.25) is 5.95 Å². The first-order valence-corrected chi connectivity index (χ1v) is 13.6. The number of nitrogens with one attached hydrogen (secondary N) is 3. The third-order valence-corrected chi connectivity index (χ3v) is 7.67. The summed E-state index contributed by atoms with van der Waals surface area (Å²) in [5.41, 5.74) is 4.31. The molecule has 2 unspecified atom stereocenters. The number of benzene rings is 1. The lowest BCUT2D eigenvalue weighted by Crippen LogP contribution is -2.16. The van der Waals surface area contributed by atoms with Crippen molar-refractivity contribution in [1.29, 1.82) is 0 Å². The first-order chi connectivity index (χ1) is 15.4. The van der Waals surface area contributed by atoms with Gasteiger partial charge in [-0.15, -0.1) is 9.39 Å². The number of nitrogens with two attached hydrogens (primary N) is 1. The van der Waals surface area contributed by atoms with Crippen LogP contribution in [0.4, 0.5) is 17.3 Å². The smallest absolute Gasteiger partial charge is 0.227 e. The number of nitrogens with zero attached hydrogens (tertiary/aromatic N) is 2. The summed E-state index contributed by atoms with van der Waals surface area (Å²) in [6.07, 6.45) is 12.0. The van der Waals surface area contributed by atoms with E-state index in [0.29, 0.717) is 17.8 Å². The van der Waals surface area contributed by atoms with Crippen molar-refractivity contribution in [2.24, 2.45) is 11.1 Å². The highest BCUT2D eigenvalue weighted by Gasteiger charge is 2.26. The van der Waals surface area contributed by atoms with Crippen LogP contribution in [0.5, 0.6) is 0 Å². The number of anilines is 3. The molecule has 5 rings (SSSR count). The van der Waals surface area contributed by atoms with Gasteiger partial charge in [0.25, 0.3) is 0 Å². The van der Waals surface area contributed by atoms with E-state index in [1.54, 1.807) is 0 Å². The number of hydrogen-bond donors (Lipinski definition) is 4. The number of rotatable bonds is 1. The maximum atomic E-state index is 6.30. The molecule has 1 saturated carbocycles. The minimum absolute atomic E-state index is 0.539. The molecule has 1 aromatic heterocycles. The zero-order valence-electron chi connectivity index (χ0n) is 18.9. The molecule has 0 radical (unpaired) electrons. The molecule has 2 aromatic rings. The van der Waals surface area contributed by atoms with Gasteiger partial charge in [0.1, 0.15) is 0 Å². The van der Waals surface area contributed by atoms with E-state index >= 15 is 0 Å². The van der Waals surface area contributed by atoms with Gasteiger partial charge < -0.3 is 16.0 Å². The molecule has 1 fully saturated rings. The van der Waals surface area contributed by atoms with Crippen LogP contribution in [0.15, 0.2) is 47.8 Å². The van der Waals surface area contributed by atoms with E-state index in [-0.39, 0.29) is 0 Å². The third-order valence-electron chi connectivity index (χ3n) is 6.44. The SMILES string of the molecule is C=C1CC2CCC(C2)c2cnc(nc2)Nc2ccc(S(=C)(=C)N)c(c2)NCCCCCN1. The highest BCUT2D eigenvalue weighted by Crippen LogP contribution is 2.40. The summed E-state index contributed by atoms with van der Waals surface area (Å²) in [6, 6.07) is 6.06. The normalized spacial score (nSPS) is 22.5. The van der Waals surface area contributed by atoms with Crippen LogP contribution in [0.1, 0.15) is 56.4 Å². The maximum Gasteiger partial charge on any atom is 0.227 e. The van der Waals surface area contributed by atoms with Gasteiger partial charge >= 0.3 is 0 Å². The summed E-state index contributed by atoms with van der Waals surface area (Å²) in [5, 5.41) is 16.7. The predicted molar refractivity (Wildman–Crippen MR) is 140 cm³/mol. The van der Waals surface area contributed by atoms with Gasteiger partial charge in [-0.1, -0.05) is 18.3 Å². The van der Waals surface area contributed by atoms with Crippen molar-refractivity contribution in [3.63, 3.8) is 0 Å². The number of hydrogen-bond acceptors (Lipinski definition) is 6. The highest BCUT2D eigenvalue weighted by atomic mass is 32.2. The van der Waals surface area contributed by atoms with Gasteiger partial charge in [-0.2, -0.15) is 0 Å². The molecule has 3 aliphatic rings. The van der Waals surface area contributed by atoms with Crippen molar-refractivity contribution in [1.82, 2.24) is 15.3 Å².